The van der Waals surface area contributed by atoms with Crippen LogP contribution in [0, 0.1) is 0 Å². The van der Waals surface area contributed by atoms with E-state index in [0.29, 0.717) is 15.8 Å². The van der Waals surface area contributed by atoms with E-state index in [1.165, 1.54) is 24.3 Å². The highest BCUT2D eigenvalue weighted by Gasteiger charge is 2.11. The van der Waals surface area contributed by atoms with Crippen molar-refractivity contribution in [1.82, 2.24) is 0 Å². The summed E-state index contributed by atoms with van der Waals surface area (Å²) in [5, 5.41) is 2.64. The Morgan fingerprint density at radius 1 is 1.24 bits per heavy atom. The molecule has 0 saturated heterocycles. The first-order chi connectivity index (χ1) is 9.95. The Balaban J connectivity index is 2.18. The number of ether oxygens (including phenoxy) is 1. The molecule has 2 rings (SSSR count). The third kappa shape index (κ3) is 4.16. The van der Waals surface area contributed by atoms with Crippen LogP contribution in [0.1, 0.15) is 10.4 Å². The van der Waals surface area contributed by atoms with Gasteiger partial charge in [0.15, 0.2) is 0 Å². The van der Waals surface area contributed by atoms with Crippen molar-refractivity contribution in [3.8, 4) is 5.75 Å². The molecule has 0 spiro atoms. The number of nitrogens with two attached hydrogens (primary N) is 1. The number of hydrogen-bond donors (Lipinski definition) is 2. The highest BCUT2D eigenvalue weighted by Crippen LogP contribution is 2.25. The number of carbonyl (C=O) groups is 1. The van der Waals surface area contributed by atoms with E-state index in [1.54, 1.807) is 18.2 Å². The van der Waals surface area contributed by atoms with Crippen LogP contribution in [0.25, 0.3) is 0 Å². The van der Waals surface area contributed by atoms with E-state index < -0.39 is 12.5 Å². The molecule has 0 aliphatic rings. The predicted octanol–water partition coefficient (Wildman–Crippen LogP) is 3.89. The van der Waals surface area contributed by atoms with Crippen molar-refractivity contribution < 1.29 is 18.3 Å². The standard InChI is InChI=1S/C14H11BrF2N2O2/c15-11-5-4-9(18)7-12(11)19-13(20)8-2-1-3-10(6-8)21-14(16)17/h1-7,14H,18H2,(H,19,20). The quantitative estimate of drug-likeness (QED) is 0.817. The Morgan fingerprint density at radius 2 is 2.00 bits per heavy atom. The van der Waals surface area contributed by atoms with E-state index in [-0.39, 0.29) is 11.3 Å². The van der Waals surface area contributed by atoms with Crippen molar-refractivity contribution in [2.75, 3.05) is 11.1 Å². The first-order valence-electron chi connectivity index (χ1n) is 5.87. The molecule has 0 atom stereocenters. The molecule has 0 aliphatic carbocycles. The molecule has 2 aromatic rings. The fourth-order valence-corrected chi connectivity index (χ4v) is 1.99. The average molecular weight is 357 g/mol. The summed E-state index contributed by atoms with van der Waals surface area (Å²) in [7, 11) is 0. The lowest BCUT2D eigenvalue weighted by Crippen LogP contribution is -2.13. The largest absolute Gasteiger partial charge is 0.435 e. The van der Waals surface area contributed by atoms with Gasteiger partial charge in [0, 0.05) is 15.7 Å². The zero-order valence-corrected chi connectivity index (χ0v) is 12.2. The summed E-state index contributed by atoms with van der Waals surface area (Å²) in [4.78, 5) is 12.1. The van der Waals surface area contributed by atoms with Crippen LogP contribution >= 0.6 is 15.9 Å². The SMILES string of the molecule is Nc1ccc(Br)c(NC(=O)c2cccc(OC(F)F)c2)c1. The third-order valence-electron chi connectivity index (χ3n) is 2.56. The minimum absolute atomic E-state index is 0.0794. The molecule has 2 aromatic carbocycles. The number of alkyl halides is 2. The number of rotatable bonds is 4. The molecule has 0 radical (unpaired) electrons. The van der Waals surface area contributed by atoms with Crippen molar-refractivity contribution in [3.05, 3.63) is 52.5 Å². The summed E-state index contributed by atoms with van der Waals surface area (Å²) in [6.07, 6.45) is 0. The smallest absolute Gasteiger partial charge is 0.387 e. The zero-order valence-electron chi connectivity index (χ0n) is 10.6. The zero-order chi connectivity index (χ0) is 15.4. The van der Waals surface area contributed by atoms with Gasteiger partial charge in [0.2, 0.25) is 0 Å². The van der Waals surface area contributed by atoms with Crippen LogP contribution in [0.3, 0.4) is 0 Å². The first kappa shape index (κ1) is 15.2. The topological polar surface area (TPSA) is 64.3 Å². The maximum atomic E-state index is 12.2. The summed E-state index contributed by atoms with van der Waals surface area (Å²) >= 11 is 3.28. The van der Waals surface area contributed by atoms with Crippen molar-refractivity contribution in [2.45, 2.75) is 6.61 Å². The Hall–Kier alpha value is -2.15. The molecule has 0 unspecified atom stereocenters. The third-order valence-corrected chi connectivity index (χ3v) is 3.25. The fourth-order valence-electron chi connectivity index (χ4n) is 1.65. The van der Waals surface area contributed by atoms with Gasteiger partial charge < -0.3 is 15.8 Å². The number of amides is 1. The van der Waals surface area contributed by atoms with E-state index >= 15 is 0 Å². The second kappa shape index (κ2) is 6.53. The van der Waals surface area contributed by atoms with Crippen molar-refractivity contribution in [1.29, 1.82) is 0 Å². The number of carbonyl (C=O) groups excluding carboxylic acids is 1. The summed E-state index contributed by atoms with van der Waals surface area (Å²) in [6.45, 7) is -2.94. The lowest BCUT2D eigenvalue weighted by atomic mass is 10.2. The molecule has 0 fully saturated rings. The van der Waals surface area contributed by atoms with Crippen LogP contribution in [0.15, 0.2) is 46.9 Å². The number of anilines is 2. The first-order valence-corrected chi connectivity index (χ1v) is 6.66. The molecule has 4 nitrogen and oxygen atoms in total. The van der Waals surface area contributed by atoms with Crippen LogP contribution in [0.4, 0.5) is 20.2 Å². The highest BCUT2D eigenvalue weighted by molar-refractivity contribution is 9.10. The van der Waals surface area contributed by atoms with Gasteiger partial charge in [0.05, 0.1) is 5.69 Å². The molecular weight excluding hydrogens is 346 g/mol. The second-order valence-electron chi connectivity index (χ2n) is 4.10. The minimum Gasteiger partial charge on any atom is -0.435 e. The van der Waals surface area contributed by atoms with E-state index in [9.17, 15) is 13.6 Å². The number of nitrogens with one attached hydrogen (secondary N) is 1. The maximum Gasteiger partial charge on any atom is 0.387 e. The second-order valence-corrected chi connectivity index (χ2v) is 4.95. The lowest BCUT2D eigenvalue weighted by molar-refractivity contribution is -0.0498. The van der Waals surface area contributed by atoms with E-state index in [4.69, 9.17) is 5.73 Å². The van der Waals surface area contributed by atoms with Crippen LogP contribution in [0.2, 0.25) is 0 Å². The normalized spacial score (nSPS) is 10.5. The van der Waals surface area contributed by atoms with Crippen LogP contribution < -0.4 is 15.8 Å². The molecular formula is C14H11BrF2N2O2. The fraction of sp³-hybridized carbons (Fsp3) is 0.0714. The highest BCUT2D eigenvalue weighted by atomic mass is 79.9. The number of nitrogen functional groups attached to an aromatic ring is 1. The Labute approximate surface area is 128 Å². The summed E-state index contributed by atoms with van der Waals surface area (Å²) in [5.74, 6) is -0.537. The van der Waals surface area contributed by atoms with Crippen molar-refractivity contribution in [3.63, 3.8) is 0 Å². The Morgan fingerprint density at radius 3 is 2.71 bits per heavy atom. The summed E-state index contributed by atoms with van der Waals surface area (Å²) < 4.78 is 29.2. The molecule has 21 heavy (non-hydrogen) atoms. The van der Waals surface area contributed by atoms with E-state index in [0.717, 1.165) is 0 Å². The van der Waals surface area contributed by atoms with Gasteiger partial charge in [0.1, 0.15) is 5.75 Å². The van der Waals surface area contributed by atoms with Crippen LogP contribution in [0.5, 0.6) is 5.75 Å². The predicted molar refractivity (Wildman–Crippen MR) is 79.6 cm³/mol. The Bertz CT molecular complexity index is 665. The molecule has 3 N–H and O–H groups in total. The van der Waals surface area contributed by atoms with Gasteiger partial charge in [-0.2, -0.15) is 8.78 Å². The summed E-state index contributed by atoms with van der Waals surface area (Å²) in [6, 6.07) is 10.5. The van der Waals surface area contributed by atoms with Crippen LogP contribution in [-0.4, -0.2) is 12.5 Å². The van der Waals surface area contributed by atoms with E-state index in [1.807, 2.05) is 0 Å². The molecule has 110 valence electrons. The average Bonchev–Trinajstić information content (AvgIpc) is 2.42. The van der Waals surface area contributed by atoms with Gasteiger partial charge in [-0.25, -0.2) is 0 Å². The molecule has 7 heteroatoms. The maximum absolute atomic E-state index is 12.2. The molecule has 0 aromatic heterocycles. The lowest BCUT2D eigenvalue weighted by Gasteiger charge is -2.10. The number of halogens is 3. The van der Waals surface area contributed by atoms with Gasteiger partial charge in [-0.3, -0.25) is 4.79 Å². The van der Waals surface area contributed by atoms with Crippen molar-refractivity contribution in [2.24, 2.45) is 0 Å². The monoisotopic (exact) mass is 356 g/mol. The molecule has 0 saturated carbocycles. The minimum atomic E-state index is -2.94. The summed E-state index contributed by atoms with van der Waals surface area (Å²) in [5.41, 5.74) is 6.82. The molecule has 1 amide bonds. The van der Waals surface area contributed by atoms with Gasteiger partial charge in [-0.1, -0.05) is 6.07 Å². The molecule has 0 heterocycles. The molecule has 0 aliphatic heterocycles. The van der Waals surface area contributed by atoms with Gasteiger partial charge in [-0.15, -0.1) is 0 Å². The van der Waals surface area contributed by atoms with Crippen LogP contribution in [-0.2, 0) is 0 Å². The van der Waals surface area contributed by atoms with Gasteiger partial charge in [0.25, 0.3) is 5.91 Å². The Kier molecular flexibility index (Phi) is 4.74. The number of hydrogen-bond acceptors (Lipinski definition) is 3. The van der Waals surface area contributed by atoms with Crippen molar-refractivity contribution >= 4 is 33.2 Å². The van der Waals surface area contributed by atoms with E-state index in [2.05, 4.69) is 26.0 Å². The van der Waals surface area contributed by atoms with Gasteiger partial charge in [-0.05, 0) is 52.3 Å². The molecule has 0 bridgehead atoms. The van der Waals surface area contributed by atoms with Gasteiger partial charge >= 0.3 is 6.61 Å². The number of benzene rings is 2.